The molecule has 1 spiro atoms. The normalized spacial score (nSPS) is 25.3. The van der Waals surface area contributed by atoms with Gasteiger partial charge in [0, 0.05) is 12.6 Å². The van der Waals surface area contributed by atoms with E-state index in [4.69, 9.17) is 0 Å². The molecular weight excluding hydrogens is 256 g/mol. The largest absolute Gasteiger partial charge is 0.317 e. The van der Waals surface area contributed by atoms with Crippen LogP contribution >= 0.6 is 0 Å². The Labute approximate surface area is 133 Å². The minimum Gasteiger partial charge on any atom is -0.317 e. The molecule has 1 aliphatic carbocycles. The van der Waals surface area contributed by atoms with Gasteiger partial charge in [0.05, 0.1) is 0 Å². The Balaban J connectivity index is 1.66. The molecule has 0 amide bonds. The van der Waals surface area contributed by atoms with E-state index in [0.717, 1.165) is 17.4 Å². The van der Waals surface area contributed by atoms with Crippen molar-refractivity contribution < 1.29 is 0 Å². The van der Waals surface area contributed by atoms with Crippen LogP contribution in [0.5, 0.6) is 0 Å². The van der Waals surface area contributed by atoms with Crippen LogP contribution in [0.15, 0.2) is 0 Å². The highest BCUT2D eigenvalue weighted by atomic mass is 15.1. The first kappa shape index (κ1) is 17.3. The fraction of sp³-hybridized carbons (Fsp3) is 1.00. The molecule has 0 radical (unpaired) electrons. The first-order valence-electron chi connectivity index (χ1n) is 9.57. The van der Waals surface area contributed by atoms with Crippen molar-refractivity contribution in [2.24, 2.45) is 11.3 Å². The van der Waals surface area contributed by atoms with Crippen LogP contribution < -0.4 is 5.32 Å². The number of rotatable bonds is 7. The molecule has 0 bridgehead atoms. The van der Waals surface area contributed by atoms with E-state index in [2.05, 4.69) is 31.1 Å². The average Bonchev–Trinajstić information content (AvgIpc) is 2.51. The predicted octanol–water partition coefficient (Wildman–Crippen LogP) is 4.45. The van der Waals surface area contributed by atoms with Crippen LogP contribution in [0.4, 0.5) is 0 Å². The average molecular weight is 295 g/mol. The van der Waals surface area contributed by atoms with E-state index < -0.39 is 0 Å². The number of hydrogen-bond donors (Lipinski definition) is 1. The van der Waals surface area contributed by atoms with Crippen LogP contribution in [0, 0.1) is 11.3 Å². The zero-order valence-electron chi connectivity index (χ0n) is 14.8. The Morgan fingerprint density at radius 1 is 1.10 bits per heavy atom. The second kappa shape index (κ2) is 8.53. The third-order valence-corrected chi connectivity index (χ3v) is 6.24. The molecule has 2 rings (SSSR count). The summed E-state index contributed by atoms with van der Waals surface area (Å²) in [5.41, 5.74) is 0.718. The summed E-state index contributed by atoms with van der Waals surface area (Å²) < 4.78 is 0. The first-order valence-corrected chi connectivity index (χ1v) is 9.57. The van der Waals surface area contributed by atoms with Crippen LogP contribution in [0.25, 0.3) is 0 Å². The third kappa shape index (κ3) is 5.25. The molecular formula is C19H38N2. The van der Waals surface area contributed by atoms with Crippen LogP contribution in [-0.2, 0) is 0 Å². The predicted molar refractivity (Wildman–Crippen MR) is 92.7 cm³/mol. The Bertz CT molecular complexity index is 271. The summed E-state index contributed by atoms with van der Waals surface area (Å²) in [6.07, 6.45) is 14.3. The lowest BCUT2D eigenvalue weighted by atomic mass is 9.67. The number of nitrogens with zero attached hydrogens (tertiary/aromatic N) is 1. The van der Waals surface area contributed by atoms with Crippen molar-refractivity contribution in [3.8, 4) is 0 Å². The topological polar surface area (TPSA) is 15.3 Å². The van der Waals surface area contributed by atoms with Gasteiger partial charge in [0.25, 0.3) is 0 Å². The zero-order valence-corrected chi connectivity index (χ0v) is 14.8. The first-order chi connectivity index (χ1) is 10.2. The van der Waals surface area contributed by atoms with E-state index in [1.165, 1.54) is 83.8 Å². The molecule has 2 nitrogen and oxygen atoms in total. The van der Waals surface area contributed by atoms with Crippen LogP contribution in [-0.4, -0.2) is 37.6 Å². The maximum atomic E-state index is 3.47. The lowest BCUT2D eigenvalue weighted by Gasteiger charge is -2.46. The summed E-state index contributed by atoms with van der Waals surface area (Å²) in [5.74, 6) is 0.894. The Kier molecular flexibility index (Phi) is 7.01. The van der Waals surface area contributed by atoms with Gasteiger partial charge in [0.1, 0.15) is 0 Å². The van der Waals surface area contributed by atoms with Crippen molar-refractivity contribution in [2.45, 2.75) is 84.1 Å². The second-order valence-electron chi connectivity index (χ2n) is 7.96. The van der Waals surface area contributed by atoms with Gasteiger partial charge in [-0.05, 0) is 76.4 Å². The van der Waals surface area contributed by atoms with Gasteiger partial charge in [0.2, 0.25) is 0 Å². The molecule has 124 valence electrons. The standard InChI is InChI=1S/C19H38N2/c1-4-5-6-7-17(2)16-21-14-12-19(13-15-21)10-8-18(20-3)9-11-19/h17-18,20H,4-16H2,1-3H3. The molecule has 1 aliphatic heterocycles. The van der Waals surface area contributed by atoms with E-state index in [1.54, 1.807) is 0 Å². The minimum absolute atomic E-state index is 0.718. The molecule has 2 fully saturated rings. The molecule has 1 heterocycles. The van der Waals surface area contributed by atoms with Gasteiger partial charge in [-0.1, -0.05) is 33.1 Å². The quantitative estimate of drug-likeness (QED) is 0.698. The van der Waals surface area contributed by atoms with Crippen LogP contribution in [0.1, 0.15) is 78.1 Å². The number of likely N-dealkylation sites (tertiary alicyclic amines) is 1. The lowest BCUT2D eigenvalue weighted by Crippen LogP contribution is -2.45. The van der Waals surface area contributed by atoms with Crippen LogP contribution in [0.3, 0.4) is 0 Å². The van der Waals surface area contributed by atoms with Crippen molar-refractivity contribution in [1.82, 2.24) is 10.2 Å². The molecule has 0 aromatic carbocycles. The summed E-state index contributed by atoms with van der Waals surface area (Å²) in [7, 11) is 2.13. The van der Waals surface area contributed by atoms with Gasteiger partial charge in [0.15, 0.2) is 0 Å². The van der Waals surface area contributed by atoms with Crippen molar-refractivity contribution in [2.75, 3.05) is 26.7 Å². The fourth-order valence-corrected chi connectivity index (χ4v) is 4.50. The summed E-state index contributed by atoms with van der Waals surface area (Å²) in [6.45, 7) is 8.83. The van der Waals surface area contributed by atoms with E-state index >= 15 is 0 Å². The van der Waals surface area contributed by atoms with Crippen molar-refractivity contribution in [3.63, 3.8) is 0 Å². The highest BCUT2D eigenvalue weighted by molar-refractivity contribution is 4.91. The third-order valence-electron chi connectivity index (χ3n) is 6.24. The fourth-order valence-electron chi connectivity index (χ4n) is 4.50. The SMILES string of the molecule is CCCCCC(C)CN1CCC2(CCC(NC)CC2)CC1. The Hall–Kier alpha value is -0.0800. The Morgan fingerprint density at radius 3 is 2.33 bits per heavy atom. The minimum atomic E-state index is 0.718. The van der Waals surface area contributed by atoms with Crippen LogP contribution in [0.2, 0.25) is 0 Å². The van der Waals surface area contributed by atoms with E-state index in [0.29, 0.717) is 0 Å². The summed E-state index contributed by atoms with van der Waals surface area (Å²) in [6, 6.07) is 0.798. The molecule has 1 saturated heterocycles. The number of hydrogen-bond acceptors (Lipinski definition) is 2. The molecule has 1 saturated carbocycles. The van der Waals surface area contributed by atoms with Crippen molar-refractivity contribution in [3.05, 3.63) is 0 Å². The van der Waals surface area contributed by atoms with Gasteiger partial charge in [-0.2, -0.15) is 0 Å². The second-order valence-corrected chi connectivity index (χ2v) is 7.96. The summed E-state index contributed by atoms with van der Waals surface area (Å²) in [5, 5.41) is 3.47. The van der Waals surface area contributed by atoms with Crippen molar-refractivity contribution in [1.29, 1.82) is 0 Å². The van der Waals surface area contributed by atoms with E-state index in [-0.39, 0.29) is 0 Å². The van der Waals surface area contributed by atoms with Crippen molar-refractivity contribution >= 4 is 0 Å². The molecule has 1 unspecified atom stereocenters. The zero-order chi connectivity index (χ0) is 15.1. The maximum absolute atomic E-state index is 3.47. The number of unbranched alkanes of at least 4 members (excludes halogenated alkanes) is 2. The van der Waals surface area contributed by atoms with Gasteiger partial charge >= 0.3 is 0 Å². The molecule has 1 N–H and O–H groups in total. The highest BCUT2D eigenvalue weighted by Gasteiger charge is 2.37. The van der Waals surface area contributed by atoms with Gasteiger partial charge < -0.3 is 10.2 Å². The molecule has 0 aromatic heterocycles. The summed E-state index contributed by atoms with van der Waals surface area (Å²) in [4.78, 5) is 2.76. The number of piperidine rings is 1. The summed E-state index contributed by atoms with van der Waals surface area (Å²) >= 11 is 0. The molecule has 21 heavy (non-hydrogen) atoms. The van der Waals surface area contributed by atoms with Gasteiger partial charge in [-0.25, -0.2) is 0 Å². The van der Waals surface area contributed by atoms with Gasteiger partial charge in [-0.3, -0.25) is 0 Å². The maximum Gasteiger partial charge on any atom is 0.00644 e. The molecule has 0 aromatic rings. The molecule has 1 atom stereocenters. The Morgan fingerprint density at radius 2 is 1.76 bits per heavy atom. The highest BCUT2D eigenvalue weighted by Crippen LogP contribution is 2.44. The van der Waals surface area contributed by atoms with E-state index in [1.807, 2.05) is 0 Å². The molecule has 2 heteroatoms. The van der Waals surface area contributed by atoms with E-state index in [9.17, 15) is 0 Å². The number of nitrogens with one attached hydrogen (secondary N) is 1. The monoisotopic (exact) mass is 294 g/mol. The smallest absolute Gasteiger partial charge is 0.00644 e. The van der Waals surface area contributed by atoms with Gasteiger partial charge in [-0.15, -0.1) is 0 Å². The lowest BCUT2D eigenvalue weighted by molar-refractivity contribution is 0.0527. The molecule has 2 aliphatic rings.